The maximum absolute atomic E-state index is 12.9. The number of thioether (sulfide) groups is 1. The number of imide groups is 1. The van der Waals surface area contributed by atoms with Gasteiger partial charge in [0, 0.05) is 5.69 Å². The van der Waals surface area contributed by atoms with Crippen LogP contribution in [0.4, 0.5) is 10.5 Å². The van der Waals surface area contributed by atoms with Crippen molar-refractivity contribution in [2.45, 2.75) is 13.5 Å². The summed E-state index contributed by atoms with van der Waals surface area (Å²) in [5, 5.41) is 2.59. The average Bonchev–Trinajstić information content (AvgIpc) is 3.12. The molecule has 3 aromatic rings. The molecule has 0 aliphatic carbocycles. The van der Waals surface area contributed by atoms with Gasteiger partial charge in [0.15, 0.2) is 18.1 Å². The highest BCUT2D eigenvalue weighted by atomic mass is 35.5. The molecular formula is C27H23ClN2O5S. The topological polar surface area (TPSA) is 84.9 Å². The molecule has 9 heteroatoms. The Morgan fingerprint density at radius 3 is 2.50 bits per heavy atom. The zero-order chi connectivity index (χ0) is 25.7. The van der Waals surface area contributed by atoms with Crippen LogP contribution in [0.5, 0.6) is 11.5 Å². The van der Waals surface area contributed by atoms with Crippen LogP contribution in [0, 0.1) is 6.92 Å². The Morgan fingerprint density at radius 1 is 1.08 bits per heavy atom. The molecule has 0 unspecified atom stereocenters. The molecule has 0 saturated carbocycles. The smallest absolute Gasteiger partial charge is 0.293 e. The normalized spacial score (nSPS) is 14.3. The maximum Gasteiger partial charge on any atom is 0.293 e. The highest BCUT2D eigenvalue weighted by molar-refractivity contribution is 8.18. The molecule has 36 heavy (non-hydrogen) atoms. The lowest BCUT2D eigenvalue weighted by Gasteiger charge is -2.14. The molecule has 3 aromatic carbocycles. The lowest BCUT2D eigenvalue weighted by Crippen LogP contribution is -2.27. The van der Waals surface area contributed by atoms with Gasteiger partial charge in [-0.3, -0.25) is 19.3 Å². The van der Waals surface area contributed by atoms with Crippen molar-refractivity contribution in [3.8, 4) is 11.5 Å². The number of aryl methyl sites for hydroxylation is 1. The number of hydrogen-bond donors (Lipinski definition) is 1. The fraction of sp³-hybridized carbons (Fsp3) is 0.148. The molecule has 0 aromatic heterocycles. The minimum absolute atomic E-state index is 0.199. The van der Waals surface area contributed by atoms with Gasteiger partial charge in [-0.05, 0) is 60.2 Å². The minimum atomic E-state index is -0.376. The number of amides is 3. The van der Waals surface area contributed by atoms with Crippen LogP contribution < -0.4 is 14.8 Å². The number of hydrogen-bond acceptors (Lipinski definition) is 6. The highest BCUT2D eigenvalue weighted by Gasteiger charge is 2.35. The Balaban J connectivity index is 1.46. The third kappa shape index (κ3) is 6.08. The van der Waals surface area contributed by atoms with Crippen LogP contribution in [0.1, 0.15) is 16.7 Å². The number of carbonyl (C=O) groups is 3. The van der Waals surface area contributed by atoms with Crippen molar-refractivity contribution in [1.82, 2.24) is 4.90 Å². The van der Waals surface area contributed by atoms with Crippen molar-refractivity contribution in [3.05, 3.63) is 93.3 Å². The van der Waals surface area contributed by atoms with Gasteiger partial charge in [-0.15, -0.1) is 0 Å². The third-order valence-corrected chi connectivity index (χ3v) is 6.48. The number of rotatable bonds is 8. The zero-order valence-electron chi connectivity index (χ0n) is 19.6. The molecule has 4 rings (SSSR count). The summed E-state index contributed by atoms with van der Waals surface area (Å²) < 4.78 is 11.0. The second kappa shape index (κ2) is 11.3. The molecular weight excluding hydrogens is 500 g/mol. The highest BCUT2D eigenvalue weighted by Crippen LogP contribution is 2.39. The van der Waals surface area contributed by atoms with Crippen molar-refractivity contribution >= 4 is 52.2 Å². The van der Waals surface area contributed by atoms with Crippen molar-refractivity contribution in [1.29, 1.82) is 0 Å². The SMILES string of the molecule is COc1cc(/C=C2\SC(=O)N(Cc3ccc(C)cc3)C2=O)cc(Cl)c1OCC(=O)Nc1ccccc1. The van der Waals surface area contributed by atoms with Gasteiger partial charge < -0.3 is 14.8 Å². The molecule has 184 valence electrons. The van der Waals surface area contributed by atoms with E-state index in [4.69, 9.17) is 21.1 Å². The number of ether oxygens (including phenoxy) is 2. The Bertz CT molecular complexity index is 1330. The van der Waals surface area contributed by atoms with E-state index < -0.39 is 0 Å². The quantitative estimate of drug-likeness (QED) is 0.370. The first-order chi connectivity index (χ1) is 17.3. The van der Waals surface area contributed by atoms with Crippen LogP contribution >= 0.6 is 23.4 Å². The second-order valence-corrected chi connectivity index (χ2v) is 9.39. The summed E-state index contributed by atoms with van der Waals surface area (Å²) in [6, 6.07) is 19.9. The molecule has 1 fully saturated rings. The number of benzene rings is 3. The molecule has 1 heterocycles. The Labute approximate surface area is 218 Å². The summed E-state index contributed by atoms with van der Waals surface area (Å²) in [6.07, 6.45) is 1.58. The van der Waals surface area contributed by atoms with Gasteiger partial charge in [0.05, 0.1) is 23.6 Å². The molecule has 7 nitrogen and oxygen atoms in total. The molecule has 1 saturated heterocycles. The van der Waals surface area contributed by atoms with Crippen molar-refractivity contribution < 1.29 is 23.9 Å². The van der Waals surface area contributed by atoms with Crippen LogP contribution in [0.25, 0.3) is 6.08 Å². The standard InChI is InChI=1S/C27H23ClN2O5S/c1-17-8-10-18(11-9-17)15-30-26(32)23(36-27(30)33)14-19-12-21(28)25(22(13-19)34-2)35-16-24(31)29-20-6-4-3-5-7-20/h3-14H,15-16H2,1-2H3,(H,29,31)/b23-14-. The number of halogens is 1. The number of para-hydroxylation sites is 1. The van der Waals surface area contributed by atoms with Gasteiger partial charge in [-0.1, -0.05) is 59.6 Å². The largest absolute Gasteiger partial charge is 0.493 e. The molecule has 0 radical (unpaired) electrons. The van der Waals surface area contributed by atoms with Gasteiger partial charge in [-0.2, -0.15) is 0 Å². The lowest BCUT2D eigenvalue weighted by atomic mass is 10.1. The van der Waals surface area contributed by atoms with Gasteiger partial charge in [0.1, 0.15) is 0 Å². The van der Waals surface area contributed by atoms with E-state index in [0.717, 1.165) is 22.9 Å². The molecule has 0 atom stereocenters. The van der Waals surface area contributed by atoms with E-state index >= 15 is 0 Å². The van der Waals surface area contributed by atoms with Crippen molar-refractivity contribution in [2.75, 3.05) is 19.0 Å². The summed E-state index contributed by atoms with van der Waals surface area (Å²) in [7, 11) is 1.45. The van der Waals surface area contributed by atoms with Gasteiger partial charge in [0.2, 0.25) is 0 Å². The summed E-state index contributed by atoms with van der Waals surface area (Å²) >= 11 is 7.29. The number of nitrogens with one attached hydrogen (secondary N) is 1. The first kappa shape index (κ1) is 25.3. The lowest BCUT2D eigenvalue weighted by molar-refractivity contribution is -0.123. The summed E-state index contributed by atoms with van der Waals surface area (Å²) in [6.45, 7) is 1.90. The van der Waals surface area contributed by atoms with Gasteiger partial charge >= 0.3 is 0 Å². The van der Waals surface area contributed by atoms with E-state index in [2.05, 4.69) is 5.32 Å². The molecule has 1 aliphatic heterocycles. The van der Waals surface area contributed by atoms with E-state index in [1.807, 2.05) is 49.4 Å². The van der Waals surface area contributed by atoms with Crippen LogP contribution in [0.2, 0.25) is 5.02 Å². The van der Waals surface area contributed by atoms with Crippen LogP contribution in [0.15, 0.2) is 71.6 Å². The summed E-state index contributed by atoms with van der Waals surface area (Å²) in [5.74, 6) is -0.239. The second-order valence-electron chi connectivity index (χ2n) is 7.99. The predicted octanol–water partition coefficient (Wildman–Crippen LogP) is 5.91. The summed E-state index contributed by atoms with van der Waals surface area (Å²) in [4.78, 5) is 39.1. The zero-order valence-corrected chi connectivity index (χ0v) is 21.2. The van der Waals surface area contributed by atoms with Crippen molar-refractivity contribution in [2.24, 2.45) is 0 Å². The van der Waals surface area contributed by atoms with Crippen LogP contribution in [-0.2, 0) is 16.1 Å². The number of nitrogens with zero attached hydrogens (tertiary/aromatic N) is 1. The van der Waals surface area contributed by atoms with E-state index in [0.29, 0.717) is 17.0 Å². The number of anilines is 1. The van der Waals surface area contributed by atoms with E-state index in [1.54, 1.807) is 30.3 Å². The first-order valence-electron chi connectivity index (χ1n) is 11.0. The Kier molecular flexibility index (Phi) is 7.97. The third-order valence-electron chi connectivity index (χ3n) is 5.29. The molecule has 0 bridgehead atoms. The van der Waals surface area contributed by atoms with E-state index in [-0.39, 0.29) is 45.9 Å². The molecule has 1 N–H and O–H groups in total. The van der Waals surface area contributed by atoms with E-state index in [1.165, 1.54) is 12.0 Å². The van der Waals surface area contributed by atoms with E-state index in [9.17, 15) is 14.4 Å². The molecule has 3 amide bonds. The Hall–Kier alpha value is -3.75. The van der Waals surface area contributed by atoms with Crippen LogP contribution in [0.3, 0.4) is 0 Å². The minimum Gasteiger partial charge on any atom is -0.493 e. The fourth-order valence-corrected chi connectivity index (χ4v) is 4.60. The predicted molar refractivity (Wildman–Crippen MR) is 141 cm³/mol. The first-order valence-corrected chi connectivity index (χ1v) is 12.2. The Morgan fingerprint density at radius 2 is 1.81 bits per heavy atom. The summed E-state index contributed by atoms with van der Waals surface area (Å²) in [5.41, 5.74) is 3.17. The average molecular weight is 523 g/mol. The maximum atomic E-state index is 12.9. The van der Waals surface area contributed by atoms with Crippen LogP contribution in [-0.4, -0.2) is 35.7 Å². The molecule has 0 spiro atoms. The monoisotopic (exact) mass is 522 g/mol. The van der Waals surface area contributed by atoms with Crippen molar-refractivity contribution in [3.63, 3.8) is 0 Å². The number of carbonyl (C=O) groups excluding carboxylic acids is 3. The molecule has 1 aliphatic rings. The fourth-order valence-electron chi connectivity index (χ4n) is 3.48. The van der Waals surface area contributed by atoms with Gasteiger partial charge in [-0.25, -0.2) is 0 Å². The van der Waals surface area contributed by atoms with Gasteiger partial charge in [0.25, 0.3) is 17.1 Å². The number of methoxy groups -OCH3 is 1.